The number of hydrogen-bond acceptors (Lipinski definition) is 9. The molecule has 4 atom stereocenters. The van der Waals surface area contributed by atoms with Crippen LogP contribution >= 0.6 is 23.5 Å². The number of carbonyl (C=O) groups excluding carboxylic acids is 4. The normalized spacial score (nSPS) is 14.2. The van der Waals surface area contributed by atoms with Gasteiger partial charge in [-0.3, -0.25) is 24.0 Å². The van der Waals surface area contributed by atoms with Gasteiger partial charge in [-0.05, 0) is 43.3 Å². The maximum absolute atomic E-state index is 12.9. The Kier molecular flexibility index (Phi) is 15.7. The number of thioether (sulfide) groups is 2. The fraction of sp³-hybridized carbons (Fsp3) is 0.684. The van der Waals surface area contributed by atoms with E-state index in [1.807, 2.05) is 0 Å². The minimum absolute atomic E-state index is 0.00303. The third-order valence-corrected chi connectivity index (χ3v) is 5.81. The minimum Gasteiger partial charge on any atom is -0.481 e. The molecule has 0 aliphatic carbocycles. The molecule has 0 aliphatic rings. The van der Waals surface area contributed by atoms with Crippen molar-refractivity contribution in [3.05, 3.63) is 0 Å². The largest absolute Gasteiger partial charge is 0.481 e. The van der Waals surface area contributed by atoms with Crippen LogP contribution in [0.3, 0.4) is 0 Å². The molecule has 34 heavy (non-hydrogen) atoms. The Morgan fingerprint density at radius 2 is 1.21 bits per heavy atom. The Morgan fingerprint density at radius 3 is 1.59 bits per heavy atom. The first-order chi connectivity index (χ1) is 15.9. The molecule has 0 radical (unpaired) electrons. The number of hydrogen-bond donors (Lipinski definition) is 7. The minimum atomic E-state index is -1.67. The van der Waals surface area contributed by atoms with E-state index in [-0.39, 0.29) is 25.7 Å². The molecule has 0 aliphatic heterocycles. The molecule has 0 aromatic heterocycles. The lowest BCUT2D eigenvalue weighted by atomic mass is 10.1. The van der Waals surface area contributed by atoms with Crippen LogP contribution in [-0.2, 0) is 28.8 Å². The van der Waals surface area contributed by atoms with Crippen LogP contribution in [0.4, 0.5) is 0 Å². The molecule has 9 N–H and O–H groups in total. The number of carbonyl (C=O) groups is 6. The van der Waals surface area contributed by atoms with E-state index in [1.54, 1.807) is 12.5 Å². The molecule has 0 spiro atoms. The quantitative estimate of drug-likeness (QED) is 0.105. The highest BCUT2D eigenvalue weighted by atomic mass is 32.2. The predicted octanol–water partition coefficient (Wildman–Crippen LogP) is -1.90. The Hall–Kier alpha value is -2.52. The van der Waals surface area contributed by atoms with Gasteiger partial charge in [-0.1, -0.05) is 0 Å². The van der Waals surface area contributed by atoms with E-state index in [0.717, 1.165) is 0 Å². The molecule has 0 saturated heterocycles. The molecule has 0 aromatic carbocycles. The lowest BCUT2D eigenvalue weighted by molar-refractivity contribution is -0.147. The van der Waals surface area contributed by atoms with Gasteiger partial charge in [-0.15, -0.1) is 0 Å². The van der Waals surface area contributed by atoms with Crippen LogP contribution in [0.15, 0.2) is 0 Å². The lowest BCUT2D eigenvalue weighted by Gasteiger charge is -2.25. The van der Waals surface area contributed by atoms with Crippen LogP contribution in [0.2, 0.25) is 0 Å². The second kappa shape index (κ2) is 17.0. The molecular weight excluding hydrogens is 490 g/mol. The second-order valence-electron chi connectivity index (χ2n) is 7.29. The van der Waals surface area contributed by atoms with Crippen LogP contribution < -0.4 is 27.4 Å². The van der Waals surface area contributed by atoms with Gasteiger partial charge in [0.1, 0.15) is 18.1 Å². The van der Waals surface area contributed by atoms with Crippen LogP contribution in [-0.4, -0.2) is 94.0 Å². The summed E-state index contributed by atoms with van der Waals surface area (Å²) in [7, 11) is 0. The van der Waals surface area contributed by atoms with E-state index >= 15 is 0 Å². The molecule has 4 amide bonds. The smallest absolute Gasteiger partial charge is 0.326 e. The van der Waals surface area contributed by atoms with Crippen molar-refractivity contribution in [1.82, 2.24) is 16.0 Å². The van der Waals surface area contributed by atoms with Crippen molar-refractivity contribution in [1.29, 1.82) is 0 Å². The molecule has 0 fully saturated rings. The van der Waals surface area contributed by atoms with Gasteiger partial charge in [-0.2, -0.15) is 23.5 Å². The second-order valence-corrected chi connectivity index (χ2v) is 9.27. The fourth-order valence-corrected chi connectivity index (χ4v) is 3.58. The average Bonchev–Trinajstić information content (AvgIpc) is 2.76. The Morgan fingerprint density at radius 1 is 0.765 bits per heavy atom. The van der Waals surface area contributed by atoms with Crippen molar-refractivity contribution >= 4 is 59.1 Å². The summed E-state index contributed by atoms with van der Waals surface area (Å²) in [6.07, 6.45) is 2.99. The monoisotopic (exact) mass is 523 g/mol. The zero-order valence-electron chi connectivity index (χ0n) is 19.1. The third-order valence-electron chi connectivity index (χ3n) is 4.52. The van der Waals surface area contributed by atoms with E-state index in [0.29, 0.717) is 11.5 Å². The summed E-state index contributed by atoms with van der Waals surface area (Å²) in [5.41, 5.74) is 10.8. The maximum atomic E-state index is 12.9. The Balaban J connectivity index is 5.41. The highest BCUT2D eigenvalue weighted by Crippen LogP contribution is 2.07. The number of nitrogens with one attached hydrogen (secondary N) is 3. The summed E-state index contributed by atoms with van der Waals surface area (Å²) < 4.78 is 0. The summed E-state index contributed by atoms with van der Waals surface area (Å²) in [4.78, 5) is 71.0. The van der Waals surface area contributed by atoms with Gasteiger partial charge in [0.05, 0.1) is 12.5 Å². The van der Waals surface area contributed by atoms with Crippen LogP contribution in [0.1, 0.15) is 32.1 Å². The summed E-state index contributed by atoms with van der Waals surface area (Å²) >= 11 is 2.81. The van der Waals surface area contributed by atoms with Crippen molar-refractivity contribution in [2.24, 2.45) is 11.5 Å². The summed E-state index contributed by atoms with van der Waals surface area (Å²) in [5, 5.41) is 25.2. The van der Waals surface area contributed by atoms with E-state index in [2.05, 4.69) is 16.0 Å². The molecule has 15 heteroatoms. The first-order valence-corrected chi connectivity index (χ1v) is 13.1. The van der Waals surface area contributed by atoms with Gasteiger partial charge in [0, 0.05) is 6.42 Å². The molecule has 13 nitrogen and oxygen atoms in total. The Labute approximate surface area is 205 Å². The van der Waals surface area contributed by atoms with E-state index in [4.69, 9.17) is 21.7 Å². The SMILES string of the molecule is CSCCC(NC(=O)C(N)CCC(N)=O)C(=O)NC(CCSC)C(=O)NC(CC(=O)O)C(=O)O. The highest BCUT2D eigenvalue weighted by molar-refractivity contribution is 7.98. The molecule has 0 bridgehead atoms. The summed E-state index contributed by atoms with van der Waals surface area (Å²) in [5.74, 6) is -4.83. The number of amides is 4. The van der Waals surface area contributed by atoms with Crippen molar-refractivity contribution < 1.29 is 39.0 Å². The molecular formula is C19H33N5O8S2. The van der Waals surface area contributed by atoms with Gasteiger partial charge in [-0.25, -0.2) is 4.79 Å². The van der Waals surface area contributed by atoms with Gasteiger partial charge in [0.15, 0.2) is 0 Å². The third kappa shape index (κ3) is 13.3. The molecule has 0 heterocycles. The maximum Gasteiger partial charge on any atom is 0.326 e. The van der Waals surface area contributed by atoms with Gasteiger partial charge in [0.25, 0.3) is 0 Å². The summed E-state index contributed by atoms with van der Waals surface area (Å²) in [6.45, 7) is 0. The molecule has 0 saturated carbocycles. The number of carboxylic acid groups (broad SMARTS) is 2. The molecule has 4 unspecified atom stereocenters. The van der Waals surface area contributed by atoms with E-state index < -0.39 is 66.2 Å². The lowest BCUT2D eigenvalue weighted by Crippen LogP contribution is -2.57. The fourth-order valence-electron chi connectivity index (χ4n) is 2.64. The first-order valence-electron chi connectivity index (χ1n) is 10.3. The van der Waals surface area contributed by atoms with Crippen molar-refractivity contribution in [3.8, 4) is 0 Å². The topological polar surface area (TPSA) is 231 Å². The van der Waals surface area contributed by atoms with Crippen molar-refractivity contribution in [3.63, 3.8) is 0 Å². The number of aliphatic carboxylic acids is 2. The number of primary amides is 1. The van der Waals surface area contributed by atoms with Gasteiger partial charge in [0.2, 0.25) is 23.6 Å². The Bertz CT molecular complexity index is 739. The number of carboxylic acids is 2. The van der Waals surface area contributed by atoms with Crippen LogP contribution in [0.25, 0.3) is 0 Å². The predicted molar refractivity (Wildman–Crippen MR) is 128 cm³/mol. The van der Waals surface area contributed by atoms with Crippen LogP contribution in [0, 0.1) is 0 Å². The van der Waals surface area contributed by atoms with Gasteiger partial charge >= 0.3 is 11.9 Å². The average molecular weight is 524 g/mol. The number of nitrogens with two attached hydrogens (primary N) is 2. The van der Waals surface area contributed by atoms with Crippen LogP contribution in [0.5, 0.6) is 0 Å². The summed E-state index contributed by atoms with van der Waals surface area (Å²) in [6, 6.07) is -4.94. The molecule has 194 valence electrons. The first kappa shape index (κ1) is 31.5. The van der Waals surface area contributed by atoms with E-state index in [9.17, 15) is 28.8 Å². The van der Waals surface area contributed by atoms with Gasteiger partial charge < -0.3 is 37.6 Å². The zero-order valence-corrected chi connectivity index (χ0v) is 20.7. The van der Waals surface area contributed by atoms with Crippen molar-refractivity contribution in [2.45, 2.75) is 56.3 Å². The standard InChI is InChI=1S/C19H33N5O8S2/c1-33-7-5-11(22-16(28)10(20)3-4-14(21)25)17(29)23-12(6-8-34-2)18(30)24-13(19(31)32)9-15(26)27/h10-13H,3-9,20H2,1-2H3,(H2,21,25)(H,22,28)(H,23,29)(H,24,30)(H,26,27)(H,31,32). The molecule has 0 aromatic rings. The zero-order chi connectivity index (χ0) is 26.3. The molecule has 0 rings (SSSR count). The van der Waals surface area contributed by atoms with E-state index in [1.165, 1.54) is 23.5 Å². The number of rotatable bonds is 18. The van der Waals surface area contributed by atoms with Crippen molar-refractivity contribution in [2.75, 3.05) is 24.0 Å². The highest BCUT2D eigenvalue weighted by Gasteiger charge is 2.30.